The molecule has 1 N–H and O–H groups in total. The van der Waals surface area contributed by atoms with E-state index in [2.05, 4.69) is 15.2 Å². The van der Waals surface area contributed by atoms with E-state index in [-0.39, 0.29) is 11.9 Å². The normalized spacial score (nSPS) is 16.4. The largest absolute Gasteiger partial charge is 0.497 e. The van der Waals surface area contributed by atoms with Gasteiger partial charge in [-0.1, -0.05) is 0 Å². The molecule has 1 amide bonds. The first-order chi connectivity index (χ1) is 16.7. The lowest BCUT2D eigenvalue weighted by Crippen LogP contribution is -2.45. The molecule has 0 aliphatic carbocycles. The molecule has 0 atom stereocenters. The number of hydrogen-bond acceptors (Lipinski definition) is 8. The van der Waals surface area contributed by atoms with Gasteiger partial charge < -0.3 is 24.4 Å². The van der Waals surface area contributed by atoms with Crippen molar-refractivity contribution in [2.45, 2.75) is 23.9 Å². The minimum Gasteiger partial charge on any atom is -0.497 e. The van der Waals surface area contributed by atoms with Crippen molar-refractivity contribution < 1.29 is 19.0 Å². The van der Waals surface area contributed by atoms with E-state index in [4.69, 9.17) is 19.2 Å². The Kier molecular flexibility index (Phi) is 7.01. The molecule has 0 radical (unpaired) electrons. The minimum atomic E-state index is -0.0579. The predicted molar refractivity (Wildman–Crippen MR) is 131 cm³/mol. The van der Waals surface area contributed by atoms with Crippen LogP contribution in [-0.2, 0) is 0 Å². The molecule has 0 unspecified atom stereocenters. The molecule has 3 aromatic rings. The number of carbonyl (C=O) groups is 1. The zero-order chi connectivity index (χ0) is 23.3. The molecule has 0 saturated carbocycles. The van der Waals surface area contributed by atoms with Crippen molar-refractivity contribution in [2.75, 3.05) is 45.7 Å². The number of thioether (sulfide) groups is 1. The Labute approximate surface area is 203 Å². The molecule has 1 aromatic heterocycles. The van der Waals surface area contributed by atoms with Gasteiger partial charge in [-0.2, -0.15) is 0 Å². The molecule has 2 aliphatic heterocycles. The number of carbonyl (C=O) groups excluding carboxylic acids is 1. The van der Waals surface area contributed by atoms with Gasteiger partial charge in [0.05, 0.1) is 24.3 Å². The lowest BCUT2D eigenvalue weighted by atomic mass is 10.0. The SMILES string of the molecule is COc1ccc2ncc(SCCN3CCC(NC(=O)c4ccc5c(c4)OCCO5)CC3)nc2c1. The van der Waals surface area contributed by atoms with E-state index in [0.717, 1.165) is 60.0 Å². The fourth-order valence-corrected chi connectivity index (χ4v) is 5.05. The third-order valence-corrected chi connectivity index (χ3v) is 6.99. The maximum atomic E-state index is 12.7. The van der Waals surface area contributed by atoms with E-state index < -0.39 is 0 Å². The number of fused-ring (bicyclic) bond motifs is 2. The van der Waals surface area contributed by atoms with Gasteiger partial charge in [0.1, 0.15) is 24.0 Å². The van der Waals surface area contributed by atoms with Gasteiger partial charge in [-0.3, -0.25) is 9.78 Å². The van der Waals surface area contributed by atoms with Crippen molar-refractivity contribution in [3.05, 3.63) is 48.2 Å². The number of hydrogen-bond donors (Lipinski definition) is 1. The van der Waals surface area contributed by atoms with Crippen LogP contribution < -0.4 is 19.5 Å². The van der Waals surface area contributed by atoms with Crippen molar-refractivity contribution in [1.82, 2.24) is 20.2 Å². The highest BCUT2D eigenvalue weighted by atomic mass is 32.2. The first-order valence-corrected chi connectivity index (χ1v) is 12.5. The summed E-state index contributed by atoms with van der Waals surface area (Å²) < 4.78 is 16.4. The average Bonchev–Trinajstić information content (AvgIpc) is 2.89. The molecule has 2 aliphatic rings. The van der Waals surface area contributed by atoms with Gasteiger partial charge in [-0.15, -0.1) is 11.8 Å². The van der Waals surface area contributed by atoms with Crippen molar-refractivity contribution in [3.63, 3.8) is 0 Å². The average molecular weight is 481 g/mol. The number of amides is 1. The summed E-state index contributed by atoms with van der Waals surface area (Å²) in [5, 5.41) is 4.09. The quantitative estimate of drug-likeness (QED) is 0.515. The Morgan fingerprint density at radius 3 is 2.76 bits per heavy atom. The summed E-state index contributed by atoms with van der Waals surface area (Å²) >= 11 is 1.71. The highest BCUT2D eigenvalue weighted by molar-refractivity contribution is 7.99. The van der Waals surface area contributed by atoms with Crippen molar-refractivity contribution in [1.29, 1.82) is 0 Å². The van der Waals surface area contributed by atoms with E-state index in [1.807, 2.05) is 24.4 Å². The van der Waals surface area contributed by atoms with Crippen molar-refractivity contribution >= 4 is 28.7 Å². The summed E-state index contributed by atoms with van der Waals surface area (Å²) in [6.07, 6.45) is 3.71. The predicted octanol–water partition coefficient (Wildman–Crippen LogP) is 3.40. The highest BCUT2D eigenvalue weighted by Gasteiger charge is 2.22. The Morgan fingerprint density at radius 2 is 1.94 bits per heavy atom. The Bertz CT molecular complexity index is 1170. The second-order valence-corrected chi connectivity index (χ2v) is 9.47. The summed E-state index contributed by atoms with van der Waals surface area (Å²) in [6, 6.07) is 11.3. The maximum Gasteiger partial charge on any atom is 0.251 e. The monoisotopic (exact) mass is 480 g/mol. The molecule has 0 spiro atoms. The van der Waals surface area contributed by atoms with Crippen LogP contribution in [0.2, 0.25) is 0 Å². The van der Waals surface area contributed by atoms with E-state index in [1.54, 1.807) is 37.1 Å². The molecule has 34 heavy (non-hydrogen) atoms. The molecule has 1 fully saturated rings. The number of nitrogens with zero attached hydrogens (tertiary/aromatic N) is 3. The van der Waals surface area contributed by atoms with Gasteiger partial charge in [0.2, 0.25) is 0 Å². The fourth-order valence-electron chi connectivity index (χ4n) is 4.20. The van der Waals surface area contributed by atoms with Gasteiger partial charge in [-0.25, -0.2) is 4.98 Å². The van der Waals surface area contributed by atoms with Crippen LogP contribution in [0.1, 0.15) is 23.2 Å². The number of methoxy groups -OCH3 is 1. The topological polar surface area (TPSA) is 85.8 Å². The summed E-state index contributed by atoms with van der Waals surface area (Å²) in [6.45, 7) is 3.96. The second kappa shape index (κ2) is 10.5. The molecular formula is C25H28N4O4S. The summed E-state index contributed by atoms with van der Waals surface area (Å²) in [4.78, 5) is 24.3. The van der Waals surface area contributed by atoms with Crippen LogP contribution in [0.4, 0.5) is 0 Å². The number of nitrogens with one attached hydrogen (secondary N) is 1. The number of likely N-dealkylation sites (tertiary alicyclic amines) is 1. The molecule has 178 valence electrons. The van der Waals surface area contributed by atoms with Crippen LogP contribution in [0, 0.1) is 0 Å². The minimum absolute atomic E-state index is 0.0579. The molecule has 2 aromatic carbocycles. The van der Waals surface area contributed by atoms with Gasteiger partial charge in [-0.05, 0) is 43.2 Å². The summed E-state index contributed by atoms with van der Waals surface area (Å²) in [5.74, 6) is 3.01. The lowest BCUT2D eigenvalue weighted by molar-refractivity contribution is 0.0911. The highest BCUT2D eigenvalue weighted by Crippen LogP contribution is 2.31. The molecule has 9 heteroatoms. The number of aromatic nitrogens is 2. The zero-order valence-corrected chi connectivity index (χ0v) is 20.0. The van der Waals surface area contributed by atoms with Crippen LogP contribution >= 0.6 is 11.8 Å². The molecule has 1 saturated heterocycles. The van der Waals surface area contributed by atoms with Gasteiger partial charge in [0.15, 0.2) is 11.5 Å². The van der Waals surface area contributed by atoms with Crippen LogP contribution in [0.15, 0.2) is 47.6 Å². The molecule has 8 nitrogen and oxygen atoms in total. The number of rotatable bonds is 7. The van der Waals surface area contributed by atoms with Gasteiger partial charge in [0, 0.05) is 43.1 Å². The summed E-state index contributed by atoms with van der Waals surface area (Å²) in [5.41, 5.74) is 2.32. The van der Waals surface area contributed by atoms with E-state index in [0.29, 0.717) is 30.3 Å². The van der Waals surface area contributed by atoms with Crippen LogP contribution in [0.25, 0.3) is 11.0 Å². The van der Waals surface area contributed by atoms with Crippen LogP contribution in [-0.4, -0.2) is 72.5 Å². The Morgan fingerprint density at radius 1 is 1.12 bits per heavy atom. The third-order valence-electron chi connectivity index (χ3n) is 6.11. The van der Waals surface area contributed by atoms with E-state index in [1.165, 1.54) is 0 Å². The van der Waals surface area contributed by atoms with Crippen molar-refractivity contribution in [3.8, 4) is 17.2 Å². The first kappa shape index (κ1) is 22.7. The molecular weight excluding hydrogens is 452 g/mol. The number of benzene rings is 2. The fraction of sp³-hybridized carbons (Fsp3) is 0.400. The van der Waals surface area contributed by atoms with Crippen LogP contribution in [0.3, 0.4) is 0 Å². The van der Waals surface area contributed by atoms with Gasteiger partial charge in [0.25, 0.3) is 5.91 Å². The van der Waals surface area contributed by atoms with Crippen molar-refractivity contribution in [2.24, 2.45) is 0 Å². The third kappa shape index (κ3) is 5.37. The lowest BCUT2D eigenvalue weighted by Gasteiger charge is -2.32. The number of piperidine rings is 1. The van der Waals surface area contributed by atoms with Gasteiger partial charge >= 0.3 is 0 Å². The molecule has 0 bridgehead atoms. The molecule has 5 rings (SSSR count). The second-order valence-electron chi connectivity index (χ2n) is 8.36. The summed E-state index contributed by atoms with van der Waals surface area (Å²) in [7, 11) is 1.65. The maximum absolute atomic E-state index is 12.7. The standard InChI is InChI=1S/C25H28N4O4S/c1-31-19-3-4-20-21(15-19)28-24(16-26-20)34-13-10-29-8-6-18(7-9-29)27-25(30)17-2-5-22-23(14-17)33-12-11-32-22/h2-5,14-16,18H,6-13H2,1H3,(H,27,30). The van der Waals surface area contributed by atoms with Crippen LogP contribution in [0.5, 0.6) is 17.2 Å². The molecule has 3 heterocycles. The zero-order valence-electron chi connectivity index (χ0n) is 19.2. The van der Waals surface area contributed by atoms with E-state index in [9.17, 15) is 4.79 Å². The Hall–Kier alpha value is -3.04. The number of ether oxygens (including phenoxy) is 3. The smallest absolute Gasteiger partial charge is 0.251 e. The van der Waals surface area contributed by atoms with E-state index >= 15 is 0 Å². The first-order valence-electron chi connectivity index (χ1n) is 11.5. The Balaban J connectivity index is 1.07.